The number of anilines is 2. The number of halogens is 1. The summed E-state index contributed by atoms with van der Waals surface area (Å²) < 4.78 is 10.8. The van der Waals surface area contributed by atoms with Crippen LogP contribution in [-0.2, 0) is 14.4 Å². The highest BCUT2D eigenvalue weighted by molar-refractivity contribution is 6.39. The number of nitrogens with one attached hydrogen (secondary N) is 3. The van der Waals surface area contributed by atoms with E-state index in [2.05, 4.69) is 21.2 Å². The fourth-order valence-electron chi connectivity index (χ4n) is 2.77. The summed E-state index contributed by atoms with van der Waals surface area (Å²) in [7, 11) is 0. The van der Waals surface area contributed by atoms with Crippen molar-refractivity contribution in [2.45, 2.75) is 6.92 Å². The second-order valence-electron chi connectivity index (χ2n) is 7.03. The van der Waals surface area contributed by atoms with Gasteiger partial charge in [-0.15, -0.1) is 0 Å². The van der Waals surface area contributed by atoms with E-state index < -0.39 is 11.8 Å². The molecule has 0 bridgehead atoms. The molecule has 0 aliphatic carbocycles. The highest BCUT2D eigenvalue weighted by Gasteiger charge is 2.12. The molecule has 3 aromatic carbocycles. The number of amides is 3. The standard InChI is InChI=1S/C25H23ClN4O5/c1-2-34-21-12-8-19(9-13-21)29-24(32)25(33)30-27-15-17-6-10-22(11-7-17)35-16-23(31)28-20-5-3-4-18(26)14-20/h3-15H,2,16H2,1H3,(H,28,31)(H,29,32)(H,30,33)/b27-15-. The minimum absolute atomic E-state index is 0.181. The molecule has 0 saturated heterocycles. The Balaban J connectivity index is 1.41. The summed E-state index contributed by atoms with van der Waals surface area (Å²) in [5.74, 6) is -0.963. The molecular weight excluding hydrogens is 472 g/mol. The number of benzene rings is 3. The Morgan fingerprint density at radius 1 is 0.857 bits per heavy atom. The Labute approximate surface area is 207 Å². The number of hydrogen-bond acceptors (Lipinski definition) is 6. The molecule has 3 rings (SSSR count). The van der Waals surface area contributed by atoms with Crippen LogP contribution in [0.5, 0.6) is 11.5 Å². The van der Waals surface area contributed by atoms with Gasteiger partial charge >= 0.3 is 11.8 Å². The summed E-state index contributed by atoms with van der Waals surface area (Å²) in [6, 6.07) is 20.1. The molecule has 3 amide bonds. The van der Waals surface area contributed by atoms with Crippen molar-refractivity contribution in [3.63, 3.8) is 0 Å². The van der Waals surface area contributed by atoms with Gasteiger partial charge in [0.15, 0.2) is 6.61 Å². The highest BCUT2D eigenvalue weighted by atomic mass is 35.5. The van der Waals surface area contributed by atoms with Gasteiger partial charge in [0.1, 0.15) is 11.5 Å². The van der Waals surface area contributed by atoms with Crippen molar-refractivity contribution in [1.82, 2.24) is 5.43 Å². The van der Waals surface area contributed by atoms with Gasteiger partial charge in [-0.05, 0) is 79.2 Å². The number of carbonyl (C=O) groups excluding carboxylic acids is 3. The maximum Gasteiger partial charge on any atom is 0.329 e. The average molecular weight is 495 g/mol. The third kappa shape index (κ3) is 8.49. The van der Waals surface area contributed by atoms with Gasteiger partial charge in [-0.25, -0.2) is 5.43 Å². The molecule has 0 fully saturated rings. The Hall–Kier alpha value is -4.37. The lowest BCUT2D eigenvalue weighted by Crippen LogP contribution is -2.32. The molecule has 0 radical (unpaired) electrons. The van der Waals surface area contributed by atoms with E-state index in [1.165, 1.54) is 6.21 Å². The molecule has 0 aromatic heterocycles. The van der Waals surface area contributed by atoms with Crippen LogP contribution < -0.4 is 25.5 Å². The minimum atomic E-state index is -0.916. The van der Waals surface area contributed by atoms with Gasteiger partial charge in [0.25, 0.3) is 5.91 Å². The average Bonchev–Trinajstić information content (AvgIpc) is 2.85. The molecule has 0 aliphatic heterocycles. The minimum Gasteiger partial charge on any atom is -0.494 e. The van der Waals surface area contributed by atoms with E-state index in [0.717, 1.165) is 0 Å². The van der Waals surface area contributed by atoms with Gasteiger partial charge in [-0.1, -0.05) is 17.7 Å². The van der Waals surface area contributed by atoms with Crippen LogP contribution in [0.4, 0.5) is 11.4 Å². The van der Waals surface area contributed by atoms with E-state index >= 15 is 0 Å². The van der Waals surface area contributed by atoms with Gasteiger partial charge < -0.3 is 20.1 Å². The SMILES string of the molecule is CCOc1ccc(NC(=O)C(=O)N/N=C\c2ccc(OCC(=O)Nc3cccc(Cl)c3)cc2)cc1. The van der Waals surface area contributed by atoms with Crippen molar-refractivity contribution < 1.29 is 23.9 Å². The lowest BCUT2D eigenvalue weighted by molar-refractivity contribution is -0.136. The van der Waals surface area contributed by atoms with Crippen molar-refractivity contribution in [3.8, 4) is 11.5 Å². The predicted molar refractivity (Wildman–Crippen MR) is 134 cm³/mol. The maximum absolute atomic E-state index is 12.0. The zero-order valence-electron chi connectivity index (χ0n) is 18.8. The number of hydrogen-bond donors (Lipinski definition) is 3. The van der Waals surface area contributed by atoms with Gasteiger partial charge in [0.2, 0.25) is 0 Å². The fraction of sp³-hybridized carbons (Fsp3) is 0.120. The summed E-state index contributed by atoms with van der Waals surface area (Å²) in [6.07, 6.45) is 1.37. The summed E-state index contributed by atoms with van der Waals surface area (Å²) in [5.41, 5.74) is 3.84. The number of hydrazone groups is 1. The van der Waals surface area contributed by atoms with Crippen molar-refractivity contribution >= 4 is 46.9 Å². The third-order valence-corrected chi connectivity index (χ3v) is 4.60. The van der Waals surface area contributed by atoms with Crippen LogP contribution in [0.2, 0.25) is 5.02 Å². The molecule has 0 aliphatic rings. The molecule has 0 unspecified atom stereocenters. The monoisotopic (exact) mass is 494 g/mol. The summed E-state index contributed by atoms with van der Waals surface area (Å²) in [5, 5.41) is 9.46. The Morgan fingerprint density at radius 3 is 2.23 bits per heavy atom. The number of carbonyl (C=O) groups is 3. The van der Waals surface area contributed by atoms with Gasteiger partial charge in [0, 0.05) is 16.4 Å². The highest BCUT2D eigenvalue weighted by Crippen LogP contribution is 2.16. The topological polar surface area (TPSA) is 118 Å². The molecule has 3 aromatic rings. The molecule has 0 atom stereocenters. The van der Waals surface area contributed by atoms with Crippen molar-refractivity contribution in [2.24, 2.45) is 5.10 Å². The molecule has 0 saturated carbocycles. The maximum atomic E-state index is 12.0. The summed E-state index contributed by atoms with van der Waals surface area (Å²) in [4.78, 5) is 35.9. The molecule has 0 heterocycles. The first-order valence-corrected chi connectivity index (χ1v) is 11.0. The second kappa shape index (κ2) is 12.8. The van der Waals surface area contributed by atoms with Crippen LogP contribution in [0.15, 0.2) is 77.9 Å². The van der Waals surface area contributed by atoms with E-state index in [1.807, 2.05) is 6.92 Å². The van der Waals surface area contributed by atoms with Gasteiger partial charge in [0.05, 0.1) is 12.8 Å². The third-order valence-electron chi connectivity index (χ3n) is 4.37. The summed E-state index contributed by atoms with van der Waals surface area (Å²) in [6.45, 7) is 2.22. The van der Waals surface area contributed by atoms with Crippen LogP contribution >= 0.6 is 11.6 Å². The Morgan fingerprint density at radius 2 is 1.54 bits per heavy atom. The van der Waals surface area contributed by atoms with Crippen molar-refractivity contribution in [3.05, 3.63) is 83.4 Å². The van der Waals surface area contributed by atoms with E-state index in [4.69, 9.17) is 21.1 Å². The van der Waals surface area contributed by atoms with Crippen LogP contribution in [-0.4, -0.2) is 37.1 Å². The first kappa shape index (κ1) is 25.3. The molecular formula is C25H23ClN4O5. The molecule has 10 heteroatoms. The molecule has 0 spiro atoms. The lowest BCUT2D eigenvalue weighted by atomic mass is 10.2. The predicted octanol–water partition coefficient (Wildman–Crippen LogP) is 3.85. The van der Waals surface area contributed by atoms with Crippen molar-refractivity contribution in [2.75, 3.05) is 23.8 Å². The summed E-state index contributed by atoms with van der Waals surface area (Å²) >= 11 is 5.89. The van der Waals surface area contributed by atoms with E-state index in [1.54, 1.807) is 72.8 Å². The molecule has 9 nitrogen and oxygen atoms in total. The normalized spacial score (nSPS) is 10.5. The smallest absolute Gasteiger partial charge is 0.329 e. The molecule has 35 heavy (non-hydrogen) atoms. The quantitative estimate of drug-likeness (QED) is 0.237. The Bertz CT molecular complexity index is 1200. The van der Waals surface area contributed by atoms with E-state index in [0.29, 0.717) is 40.1 Å². The second-order valence-corrected chi connectivity index (χ2v) is 7.46. The van der Waals surface area contributed by atoms with E-state index in [-0.39, 0.29) is 12.5 Å². The van der Waals surface area contributed by atoms with Gasteiger partial charge in [-0.2, -0.15) is 5.10 Å². The van der Waals surface area contributed by atoms with Crippen LogP contribution in [0.3, 0.4) is 0 Å². The first-order valence-electron chi connectivity index (χ1n) is 10.6. The lowest BCUT2D eigenvalue weighted by Gasteiger charge is -2.08. The van der Waals surface area contributed by atoms with Gasteiger partial charge in [-0.3, -0.25) is 14.4 Å². The van der Waals surface area contributed by atoms with Crippen LogP contribution in [0, 0.1) is 0 Å². The van der Waals surface area contributed by atoms with Crippen LogP contribution in [0.1, 0.15) is 12.5 Å². The number of nitrogens with zero attached hydrogens (tertiary/aromatic N) is 1. The van der Waals surface area contributed by atoms with E-state index in [9.17, 15) is 14.4 Å². The van der Waals surface area contributed by atoms with Crippen LogP contribution in [0.25, 0.3) is 0 Å². The zero-order valence-corrected chi connectivity index (χ0v) is 19.5. The molecule has 3 N–H and O–H groups in total. The fourth-order valence-corrected chi connectivity index (χ4v) is 2.96. The Kier molecular flexibility index (Phi) is 9.21. The van der Waals surface area contributed by atoms with Crippen molar-refractivity contribution in [1.29, 1.82) is 0 Å². The number of rotatable bonds is 9. The molecule has 180 valence electrons. The zero-order chi connectivity index (χ0) is 25.0. The number of ether oxygens (including phenoxy) is 2. The largest absolute Gasteiger partial charge is 0.494 e. The first-order chi connectivity index (χ1) is 16.9.